The van der Waals surface area contributed by atoms with Crippen LogP contribution in [0.4, 0.5) is 4.39 Å². The second-order valence-electron chi connectivity index (χ2n) is 6.56. The molecule has 0 fully saturated rings. The van der Waals surface area contributed by atoms with Gasteiger partial charge in [-0.2, -0.15) is 0 Å². The van der Waals surface area contributed by atoms with Gasteiger partial charge in [-0.25, -0.2) is 4.39 Å². The Kier molecular flexibility index (Phi) is 6.58. The van der Waals surface area contributed by atoms with Gasteiger partial charge in [0.1, 0.15) is 17.3 Å². The van der Waals surface area contributed by atoms with Gasteiger partial charge < -0.3 is 15.1 Å². The first-order valence-electron chi connectivity index (χ1n) is 9.19. The smallest absolute Gasteiger partial charge is 0.268 e. The quantitative estimate of drug-likeness (QED) is 0.599. The van der Waals surface area contributed by atoms with Gasteiger partial charge in [0.15, 0.2) is 0 Å². The van der Waals surface area contributed by atoms with Crippen LogP contribution in [0.2, 0.25) is 0 Å². The fourth-order valence-electron chi connectivity index (χ4n) is 2.80. The van der Waals surface area contributed by atoms with E-state index in [0.29, 0.717) is 23.3 Å². The molecule has 0 radical (unpaired) electrons. The monoisotopic (exact) mass is 392 g/mol. The van der Waals surface area contributed by atoms with Crippen molar-refractivity contribution >= 4 is 17.9 Å². The predicted octanol–water partition coefficient (Wildman–Crippen LogP) is 3.94. The normalized spacial score (nSPS) is 12.3. The van der Waals surface area contributed by atoms with Crippen molar-refractivity contribution in [1.82, 2.24) is 10.6 Å². The van der Waals surface area contributed by atoms with Gasteiger partial charge in [-0.1, -0.05) is 36.4 Å². The van der Waals surface area contributed by atoms with Crippen molar-refractivity contribution in [2.75, 3.05) is 0 Å². The summed E-state index contributed by atoms with van der Waals surface area (Å²) < 4.78 is 19.1. The molecule has 0 bridgehead atoms. The fraction of sp³-hybridized carbons (Fsp3) is 0.130. The van der Waals surface area contributed by atoms with Gasteiger partial charge in [-0.05, 0) is 49.2 Å². The maximum Gasteiger partial charge on any atom is 0.268 e. The number of hydrogen-bond acceptors (Lipinski definition) is 3. The molecule has 0 aliphatic heterocycles. The van der Waals surface area contributed by atoms with Crippen LogP contribution in [-0.2, 0) is 11.2 Å². The number of halogens is 1. The average molecular weight is 392 g/mol. The number of nitrogens with one attached hydrogen (secondary N) is 2. The number of benzene rings is 2. The lowest BCUT2D eigenvalue weighted by Crippen LogP contribution is -2.40. The average Bonchev–Trinajstić information content (AvgIpc) is 3.23. The summed E-state index contributed by atoms with van der Waals surface area (Å²) in [5, 5.41) is 5.42. The van der Waals surface area contributed by atoms with Crippen molar-refractivity contribution in [1.29, 1.82) is 0 Å². The molecule has 3 rings (SSSR count). The molecule has 6 heteroatoms. The highest BCUT2D eigenvalue weighted by Crippen LogP contribution is 2.11. The summed E-state index contributed by atoms with van der Waals surface area (Å²) in [6.07, 6.45) is 3.24. The minimum Gasteiger partial charge on any atom is -0.465 e. The Balaban J connectivity index is 1.74. The van der Waals surface area contributed by atoms with E-state index < -0.39 is 11.8 Å². The van der Waals surface area contributed by atoms with E-state index in [0.717, 1.165) is 0 Å². The van der Waals surface area contributed by atoms with Crippen molar-refractivity contribution in [3.05, 3.63) is 101 Å². The Morgan fingerprint density at radius 3 is 2.45 bits per heavy atom. The Morgan fingerprint density at radius 2 is 1.76 bits per heavy atom. The van der Waals surface area contributed by atoms with Gasteiger partial charge in [0.25, 0.3) is 11.8 Å². The third kappa shape index (κ3) is 5.65. The Morgan fingerprint density at radius 1 is 1.03 bits per heavy atom. The predicted molar refractivity (Wildman–Crippen MR) is 108 cm³/mol. The first kappa shape index (κ1) is 20.1. The third-order valence-electron chi connectivity index (χ3n) is 4.22. The van der Waals surface area contributed by atoms with Crippen LogP contribution in [0.1, 0.15) is 28.6 Å². The van der Waals surface area contributed by atoms with Crippen molar-refractivity contribution in [2.24, 2.45) is 0 Å². The highest BCUT2D eigenvalue weighted by atomic mass is 19.1. The van der Waals surface area contributed by atoms with E-state index in [-0.39, 0.29) is 17.6 Å². The van der Waals surface area contributed by atoms with E-state index in [1.165, 1.54) is 18.4 Å². The SMILES string of the molecule is CC(Cc1ccccc1F)NC(=O)/C(=C/c1ccco1)NC(=O)c1ccccc1. The van der Waals surface area contributed by atoms with E-state index in [1.807, 2.05) is 0 Å². The summed E-state index contributed by atoms with van der Waals surface area (Å²) in [6, 6.07) is 18.0. The lowest BCUT2D eigenvalue weighted by molar-refractivity contribution is -0.118. The first-order chi connectivity index (χ1) is 14.0. The van der Waals surface area contributed by atoms with Crippen molar-refractivity contribution in [3.8, 4) is 0 Å². The molecule has 0 saturated heterocycles. The van der Waals surface area contributed by atoms with E-state index >= 15 is 0 Å². The lowest BCUT2D eigenvalue weighted by Gasteiger charge is -2.16. The van der Waals surface area contributed by atoms with E-state index in [4.69, 9.17) is 4.42 Å². The molecule has 2 amide bonds. The first-order valence-corrected chi connectivity index (χ1v) is 9.19. The zero-order valence-corrected chi connectivity index (χ0v) is 15.9. The largest absolute Gasteiger partial charge is 0.465 e. The molecule has 5 nitrogen and oxygen atoms in total. The Bertz CT molecular complexity index is 998. The highest BCUT2D eigenvalue weighted by Gasteiger charge is 2.18. The molecule has 29 heavy (non-hydrogen) atoms. The molecule has 2 N–H and O–H groups in total. The van der Waals surface area contributed by atoms with Gasteiger partial charge >= 0.3 is 0 Å². The Hall–Kier alpha value is -3.67. The van der Waals surface area contributed by atoms with Gasteiger partial charge in [0.2, 0.25) is 0 Å². The van der Waals surface area contributed by atoms with E-state index in [1.54, 1.807) is 67.6 Å². The number of rotatable bonds is 7. The molecule has 0 saturated carbocycles. The zero-order valence-electron chi connectivity index (χ0n) is 15.9. The van der Waals surface area contributed by atoms with Crippen LogP contribution < -0.4 is 10.6 Å². The van der Waals surface area contributed by atoms with Crippen LogP contribution in [0, 0.1) is 5.82 Å². The molecule has 0 aliphatic carbocycles. The van der Waals surface area contributed by atoms with Crippen LogP contribution in [0.5, 0.6) is 0 Å². The molecule has 0 aliphatic rings. The van der Waals surface area contributed by atoms with Crippen molar-refractivity contribution in [2.45, 2.75) is 19.4 Å². The summed E-state index contributed by atoms with van der Waals surface area (Å²) in [5.74, 6) is -0.808. The third-order valence-corrected chi connectivity index (χ3v) is 4.22. The molecule has 3 aromatic rings. The summed E-state index contributed by atoms with van der Waals surface area (Å²) in [5.41, 5.74) is 0.962. The number of carbonyl (C=O) groups excluding carboxylic acids is 2. The fourth-order valence-corrected chi connectivity index (χ4v) is 2.80. The van der Waals surface area contributed by atoms with Crippen LogP contribution >= 0.6 is 0 Å². The standard InChI is InChI=1S/C23H21FN2O3/c1-16(14-18-10-5-6-12-20(18)24)25-23(28)21(15-19-11-7-13-29-19)26-22(27)17-8-3-2-4-9-17/h2-13,15-16H,14H2,1H3,(H,25,28)(H,26,27)/b21-15-. The molecular formula is C23H21FN2O3. The maximum atomic E-state index is 13.9. The maximum absolute atomic E-state index is 13.9. The minimum absolute atomic E-state index is 0.0363. The van der Waals surface area contributed by atoms with E-state index in [2.05, 4.69) is 10.6 Å². The van der Waals surface area contributed by atoms with Crippen LogP contribution in [-0.4, -0.2) is 17.9 Å². The van der Waals surface area contributed by atoms with Gasteiger partial charge in [0.05, 0.1) is 6.26 Å². The number of hydrogen-bond donors (Lipinski definition) is 2. The van der Waals surface area contributed by atoms with Crippen LogP contribution in [0.3, 0.4) is 0 Å². The summed E-state index contributed by atoms with van der Waals surface area (Å²) in [6.45, 7) is 1.77. The summed E-state index contributed by atoms with van der Waals surface area (Å²) >= 11 is 0. The summed E-state index contributed by atoms with van der Waals surface area (Å²) in [7, 11) is 0. The number of carbonyl (C=O) groups is 2. The summed E-state index contributed by atoms with van der Waals surface area (Å²) in [4.78, 5) is 25.3. The molecule has 1 aromatic heterocycles. The van der Waals surface area contributed by atoms with Crippen LogP contribution in [0.25, 0.3) is 6.08 Å². The molecule has 1 unspecified atom stereocenters. The molecule has 0 spiro atoms. The van der Waals surface area contributed by atoms with E-state index in [9.17, 15) is 14.0 Å². The van der Waals surface area contributed by atoms with Gasteiger partial charge in [-0.3, -0.25) is 9.59 Å². The number of furan rings is 1. The zero-order chi connectivity index (χ0) is 20.6. The topological polar surface area (TPSA) is 71.3 Å². The van der Waals surface area contributed by atoms with Gasteiger partial charge in [-0.15, -0.1) is 0 Å². The molecule has 1 heterocycles. The molecule has 148 valence electrons. The highest BCUT2D eigenvalue weighted by molar-refractivity contribution is 6.05. The number of amides is 2. The second kappa shape index (κ2) is 9.50. The van der Waals surface area contributed by atoms with Gasteiger partial charge in [0, 0.05) is 17.7 Å². The minimum atomic E-state index is -0.491. The lowest BCUT2D eigenvalue weighted by atomic mass is 10.1. The molecular weight excluding hydrogens is 371 g/mol. The molecule has 1 atom stereocenters. The second-order valence-corrected chi connectivity index (χ2v) is 6.56. The van der Waals surface area contributed by atoms with Crippen molar-refractivity contribution < 1.29 is 18.4 Å². The van der Waals surface area contributed by atoms with Crippen LogP contribution in [0.15, 0.2) is 83.1 Å². The molecule has 2 aromatic carbocycles. The van der Waals surface area contributed by atoms with Crippen molar-refractivity contribution in [3.63, 3.8) is 0 Å². The Labute approximate surface area is 168 Å².